The van der Waals surface area contributed by atoms with Crippen molar-refractivity contribution in [1.82, 2.24) is 24.6 Å². The molecule has 0 aromatic carbocycles. The molecule has 3 heterocycles. The van der Waals surface area contributed by atoms with Crippen LogP contribution in [-0.2, 0) is 6.42 Å². The van der Waals surface area contributed by atoms with Crippen molar-refractivity contribution >= 4 is 17.4 Å². The molecule has 0 fully saturated rings. The lowest BCUT2D eigenvalue weighted by molar-refractivity contribution is 0.443. The van der Waals surface area contributed by atoms with Gasteiger partial charge in [-0.1, -0.05) is 18.5 Å². The van der Waals surface area contributed by atoms with Crippen LogP contribution < -0.4 is 4.74 Å². The van der Waals surface area contributed by atoms with Gasteiger partial charge >= 0.3 is 0 Å². The Morgan fingerprint density at radius 2 is 2.21 bits per heavy atom. The normalized spacial score (nSPS) is 10.8. The van der Waals surface area contributed by atoms with E-state index in [1.165, 1.54) is 10.8 Å². The fourth-order valence-electron chi connectivity index (χ4n) is 1.63. The van der Waals surface area contributed by atoms with Crippen LogP contribution in [0.1, 0.15) is 12.6 Å². The minimum absolute atomic E-state index is 0.419. The molecule has 0 saturated heterocycles. The van der Waals surface area contributed by atoms with Crippen molar-refractivity contribution in [2.45, 2.75) is 13.3 Å². The molecule has 0 aliphatic heterocycles. The van der Waals surface area contributed by atoms with Gasteiger partial charge in [0.25, 0.3) is 5.78 Å². The van der Waals surface area contributed by atoms with E-state index in [-0.39, 0.29) is 0 Å². The monoisotopic (exact) mass is 275 g/mol. The molecule has 19 heavy (non-hydrogen) atoms. The van der Waals surface area contributed by atoms with Gasteiger partial charge < -0.3 is 4.74 Å². The summed E-state index contributed by atoms with van der Waals surface area (Å²) in [5.41, 5.74) is 0.887. The summed E-state index contributed by atoms with van der Waals surface area (Å²) in [5, 5.41) is 4.50. The number of hydrogen-bond donors (Lipinski definition) is 0. The Kier molecular flexibility index (Phi) is 3.00. The van der Waals surface area contributed by atoms with Gasteiger partial charge in [0.15, 0.2) is 0 Å². The molecule has 3 rings (SSSR count). The predicted molar refractivity (Wildman–Crippen MR) is 69.5 cm³/mol. The third kappa shape index (κ3) is 2.34. The molecule has 0 amide bonds. The van der Waals surface area contributed by atoms with Crippen molar-refractivity contribution in [3.63, 3.8) is 0 Å². The summed E-state index contributed by atoms with van der Waals surface area (Å²) in [6.45, 7) is 2.02. The largest absolute Gasteiger partial charge is 0.437 e. The standard InChI is InChI=1S/C12H10ClN5O/c1-2-8-5-11(18-12(17-8)15-7-16-18)19-9-3-4-10(13)14-6-9/h3-7H,2H2,1H3. The van der Waals surface area contributed by atoms with E-state index in [2.05, 4.69) is 20.1 Å². The summed E-state index contributed by atoms with van der Waals surface area (Å²) in [6, 6.07) is 5.23. The molecule has 96 valence electrons. The second kappa shape index (κ2) is 4.81. The Morgan fingerprint density at radius 1 is 1.32 bits per heavy atom. The second-order valence-corrected chi connectivity index (χ2v) is 4.22. The van der Waals surface area contributed by atoms with E-state index >= 15 is 0 Å². The number of pyridine rings is 1. The molecule has 0 radical (unpaired) electrons. The predicted octanol–water partition coefficient (Wildman–Crippen LogP) is 2.53. The first kappa shape index (κ1) is 11.9. The topological polar surface area (TPSA) is 65.2 Å². The van der Waals surface area contributed by atoms with Gasteiger partial charge in [0.1, 0.15) is 17.2 Å². The van der Waals surface area contributed by atoms with Crippen molar-refractivity contribution in [3.8, 4) is 11.6 Å². The van der Waals surface area contributed by atoms with Crippen LogP contribution in [0.2, 0.25) is 5.15 Å². The number of nitrogens with zero attached hydrogens (tertiary/aromatic N) is 5. The third-order valence-electron chi connectivity index (χ3n) is 2.56. The van der Waals surface area contributed by atoms with Crippen LogP contribution in [-0.4, -0.2) is 24.6 Å². The zero-order chi connectivity index (χ0) is 13.2. The van der Waals surface area contributed by atoms with E-state index in [4.69, 9.17) is 16.3 Å². The molecule has 0 aliphatic rings. The van der Waals surface area contributed by atoms with Crippen molar-refractivity contribution in [3.05, 3.63) is 41.6 Å². The van der Waals surface area contributed by atoms with Crippen molar-refractivity contribution in [1.29, 1.82) is 0 Å². The smallest absolute Gasteiger partial charge is 0.255 e. The average Bonchev–Trinajstić information content (AvgIpc) is 2.89. The Morgan fingerprint density at radius 3 is 2.95 bits per heavy atom. The lowest BCUT2D eigenvalue weighted by Crippen LogP contribution is -2.00. The fourth-order valence-corrected chi connectivity index (χ4v) is 1.74. The number of fused-ring (bicyclic) bond motifs is 1. The fraction of sp³-hybridized carbons (Fsp3) is 0.167. The van der Waals surface area contributed by atoms with Crippen LogP contribution in [0.15, 0.2) is 30.7 Å². The van der Waals surface area contributed by atoms with Crippen LogP contribution >= 0.6 is 11.6 Å². The molecule has 3 aromatic heterocycles. The number of rotatable bonds is 3. The van der Waals surface area contributed by atoms with E-state index in [1.807, 2.05) is 13.0 Å². The molecule has 3 aromatic rings. The summed E-state index contributed by atoms with van der Waals surface area (Å²) in [7, 11) is 0. The Hall–Kier alpha value is -2.21. The number of aromatic nitrogens is 5. The minimum Gasteiger partial charge on any atom is -0.437 e. The van der Waals surface area contributed by atoms with Crippen LogP contribution in [0.4, 0.5) is 0 Å². The highest BCUT2D eigenvalue weighted by molar-refractivity contribution is 6.29. The molecule has 7 heteroatoms. The van der Waals surface area contributed by atoms with E-state index in [1.54, 1.807) is 18.3 Å². The highest BCUT2D eigenvalue weighted by Crippen LogP contribution is 2.22. The minimum atomic E-state index is 0.419. The summed E-state index contributed by atoms with van der Waals surface area (Å²) in [6.07, 6.45) is 3.78. The molecule has 0 bridgehead atoms. The van der Waals surface area contributed by atoms with Gasteiger partial charge in [-0.15, -0.1) is 0 Å². The molecule has 0 aliphatic carbocycles. The van der Waals surface area contributed by atoms with Crippen LogP contribution in [0.3, 0.4) is 0 Å². The summed E-state index contributed by atoms with van der Waals surface area (Å²) < 4.78 is 7.28. The van der Waals surface area contributed by atoms with Gasteiger partial charge in [-0.2, -0.15) is 14.6 Å². The van der Waals surface area contributed by atoms with Crippen molar-refractivity contribution in [2.75, 3.05) is 0 Å². The molecule has 0 saturated carbocycles. The first-order valence-corrected chi connectivity index (χ1v) is 6.13. The zero-order valence-corrected chi connectivity index (χ0v) is 10.9. The molecular weight excluding hydrogens is 266 g/mol. The number of aryl methyl sites for hydroxylation is 1. The van der Waals surface area contributed by atoms with Gasteiger partial charge in [0.05, 0.1) is 6.20 Å². The lowest BCUT2D eigenvalue weighted by atomic mass is 10.3. The quantitative estimate of drug-likeness (QED) is 0.687. The Bertz CT molecular complexity index is 710. The third-order valence-corrected chi connectivity index (χ3v) is 2.78. The number of halogens is 1. The molecule has 6 nitrogen and oxygen atoms in total. The van der Waals surface area contributed by atoms with E-state index in [0.717, 1.165) is 12.1 Å². The maximum Gasteiger partial charge on any atom is 0.255 e. The SMILES string of the molecule is CCc1cc(Oc2ccc(Cl)nc2)n2ncnc2n1. The maximum absolute atomic E-state index is 5.75. The van der Waals surface area contributed by atoms with Crippen LogP contribution in [0.25, 0.3) is 5.78 Å². The average molecular weight is 276 g/mol. The van der Waals surface area contributed by atoms with Gasteiger partial charge in [0.2, 0.25) is 5.88 Å². The number of ether oxygens (including phenoxy) is 1. The Balaban J connectivity index is 2.03. The highest BCUT2D eigenvalue weighted by atomic mass is 35.5. The maximum atomic E-state index is 5.75. The summed E-state index contributed by atoms with van der Waals surface area (Å²) in [5.74, 6) is 1.63. The van der Waals surface area contributed by atoms with Gasteiger partial charge in [-0.05, 0) is 18.6 Å². The molecular formula is C12H10ClN5O. The van der Waals surface area contributed by atoms with Gasteiger partial charge in [0, 0.05) is 11.8 Å². The molecule has 0 atom stereocenters. The molecule has 0 unspecified atom stereocenters. The van der Waals surface area contributed by atoms with E-state index < -0.39 is 0 Å². The van der Waals surface area contributed by atoms with Gasteiger partial charge in [-0.3, -0.25) is 0 Å². The van der Waals surface area contributed by atoms with Crippen LogP contribution in [0.5, 0.6) is 11.6 Å². The molecule has 0 spiro atoms. The van der Waals surface area contributed by atoms with E-state index in [9.17, 15) is 0 Å². The summed E-state index contributed by atoms with van der Waals surface area (Å²) >= 11 is 5.74. The molecule has 0 N–H and O–H groups in total. The Labute approximate surface area is 114 Å². The van der Waals surface area contributed by atoms with Crippen LogP contribution in [0, 0.1) is 0 Å². The first-order valence-electron chi connectivity index (χ1n) is 5.75. The van der Waals surface area contributed by atoms with Gasteiger partial charge in [-0.25, -0.2) is 9.97 Å². The highest BCUT2D eigenvalue weighted by Gasteiger charge is 2.09. The summed E-state index contributed by atoms with van der Waals surface area (Å²) in [4.78, 5) is 12.4. The van der Waals surface area contributed by atoms with E-state index in [0.29, 0.717) is 22.6 Å². The zero-order valence-electron chi connectivity index (χ0n) is 10.1. The van der Waals surface area contributed by atoms with Crippen molar-refractivity contribution in [2.24, 2.45) is 0 Å². The number of hydrogen-bond acceptors (Lipinski definition) is 5. The first-order chi connectivity index (χ1) is 9.26. The van der Waals surface area contributed by atoms with Crippen molar-refractivity contribution < 1.29 is 4.74 Å². The second-order valence-electron chi connectivity index (χ2n) is 3.83. The lowest BCUT2D eigenvalue weighted by Gasteiger charge is -2.07.